The fraction of sp³-hybridized carbons (Fsp3) is 0.722. The molecule has 4 rings (SSSR count). The molecule has 3 saturated heterocycles. The Kier molecular flexibility index (Phi) is 4.76. The Balaban J connectivity index is 1.39. The Hall–Kier alpha value is -1.23. The predicted octanol–water partition coefficient (Wildman–Crippen LogP) is 2.28. The number of hydrogen-bond donors (Lipinski definition) is 0. The van der Waals surface area contributed by atoms with Gasteiger partial charge in [0.15, 0.2) is 0 Å². The average molecular weight is 419 g/mol. The highest BCUT2D eigenvalue weighted by atomic mass is 32.2. The number of ether oxygens (including phenoxy) is 1. The van der Waals surface area contributed by atoms with Gasteiger partial charge in [0.2, 0.25) is 10.0 Å². The molecule has 1 unspecified atom stereocenters. The fourth-order valence-corrected chi connectivity index (χ4v) is 6.34. The summed E-state index contributed by atoms with van der Waals surface area (Å²) in [6, 6.07) is 2.06. The van der Waals surface area contributed by atoms with Crippen LogP contribution in [0.2, 0.25) is 0 Å². The molecule has 1 aromatic heterocycles. The maximum Gasteiger partial charge on any atom is 0.433 e. The highest BCUT2D eigenvalue weighted by molar-refractivity contribution is 7.89. The van der Waals surface area contributed by atoms with Crippen molar-refractivity contribution in [1.29, 1.82) is 0 Å². The van der Waals surface area contributed by atoms with Crippen LogP contribution in [0.3, 0.4) is 0 Å². The van der Waals surface area contributed by atoms with Gasteiger partial charge in [-0.25, -0.2) is 13.4 Å². The molecule has 0 aliphatic carbocycles. The molecule has 0 amide bonds. The zero-order chi connectivity index (χ0) is 20.3. The monoisotopic (exact) mass is 419 g/mol. The maximum absolute atomic E-state index is 12.8. The van der Waals surface area contributed by atoms with Crippen LogP contribution in [-0.4, -0.2) is 67.5 Å². The summed E-state index contributed by atoms with van der Waals surface area (Å²) in [5.74, 6) is 0. The van der Waals surface area contributed by atoms with Crippen LogP contribution in [0.15, 0.2) is 17.0 Å². The molecular formula is C18H24F3N3O3S. The zero-order valence-electron chi connectivity index (χ0n) is 15.9. The number of sulfonamides is 1. The van der Waals surface area contributed by atoms with E-state index in [0.717, 1.165) is 44.7 Å². The highest BCUT2D eigenvalue weighted by Crippen LogP contribution is 2.44. The maximum atomic E-state index is 12.8. The van der Waals surface area contributed by atoms with Gasteiger partial charge in [-0.3, -0.25) is 4.90 Å². The number of pyridine rings is 1. The first-order chi connectivity index (χ1) is 13.0. The minimum Gasteiger partial charge on any atom is -0.377 e. The van der Waals surface area contributed by atoms with Crippen molar-refractivity contribution in [2.24, 2.45) is 5.41 Å². The molecule has 0 radical (unpaired) electrons. The zero-order valence-corrected chi connectivity index (χ0v) is 16.7. The standard InChI is InChI=1S/C18H24F3N3O3S/c1-12-15(5-6-16(22-12)18(19,20)21)28(25,26)24-10-17(11-24)8-23(9-17)13(2)14-4-3-7-27-14/h5-6,13-14H,3-4,7-11H2,1-2H3/t13-,14?/m1/s1. The number of nitrogens with zero attached hydrogens (tertiary/aromatic N) is 3. The molecule has 28 heavy (non-hydrogen) atoms. The Morgan fingerprint density at radius 1 is 1.25 bits per heavy atom. The van der Waals surface area contributed by atoms with Crippen LogP contribution in [0.4, 0.5) is 13.2 Å². The summed E-state index contributed by atoms with van der Waals surface area (Å²) < 4.78 is 71.0. The van der Waals surface area contributed by atoms with Gasteiger partial charge in [0.05, 0.1) is 11.8 Å². The summed E-state index contributed by atoms with van der Waals surface area (Å²) in [7, 11) is -3.84. The average Bonchev–Trinajstić information content (AvgIpc) is 3.04. The third-order valence-corrected chi connectivity index (χ3v) is 8.05. The van der Waals surface area contributed by atoms with Crippen molar-refractivity contribution < 1.29 is 26.3 Å². The summed E-state index contributed by atoms with van der Waals surface area (Å²) in [5.41, 5.74) is -1.26. The minimum absolute atomic E-state index is 0.0484. The van der Waals surface area contributed by atoms with Gasteiger partial charge in [-0.2, -0.15) is 17.5 Å². The van der Waals surface area contributed by atoms with E-state index in [1.165, 1.54) is 11.2 Å². The number of aryl methyl sites for hydroxylation is 1. The minimum atomic E-state index is -4.59. The number of halogens is 3. The topological polar surface area (TPSA) is 62.7 Å². The van der Waals surface area contributed by atoms with E-state index >= 15 is 0 Å². The number of hydrogen-bond acceptors (Lipinski definition) is 5. The number of rotatable bonds is 4. The van der Waals surface area contributed by atoms with Crippen LogP contribution in [0.5, 0.6) is 0 Å². The largest absolute Gasteiger partial charge is 0.433 e. The van der Waals surface area contributed by atoms with Crippen LogP contribution >= 0.6 is 0 Å². The first-order valence-corrected chi connectivity index (χ1v) is 10.9. The molecule has 0 bridgehead atoms. The Morgan fingerprint density at radius 3 is 2.46 bits per heavy atom. The smallest absolute Gasteiger partial charge is 0.377 e. The van der Waals surface area contributed by atoms with Gasteiger partial charge in [-0.15, -0.1) is 0 Å². The van der Waals surface area contributed by atoms with E-state index in [2.05, 4.69) is 16.8 Å². The van der Waals surface area contributed by atoms with E-state index in [1.807, 2.05) is 0 Å². The van der Waals surface area contributed by atoms with Crippen molar-refractivity contribution in [2.45, 2.75) is 49.9 Å². The molecule has 3 aliphatic rings. The molecule has 0 saturated carbocycles. The van der Waals surface area contributed by atoms with Crippen LogP contribution < -0.4 is 0 Å². The predicted molar refractivity (Wildman–Crippen MR) is 95.2 cm³/mol. The first kappa shape index (κ1) is 20.1. The highest BCUT2D eigenvalue weighted by Gasteiger charge is 2.56. The van der Waals surface area contributed by atoms with Gasteiger partial charge in [-0.05, 0) is 38.8 Å². The number of likely N-dealkylation sites (tertiary alicyclic amines) is 1. The van der Waals surface area contributed by atoms with Gasteiger partial charge in [-0.1, -0.05) is 0 Å². The number of aromatic nitrogens is 1. The molecule has 4 heterocycles. The van der Waals surface area contributed by atoms with Gasteiger partial charge in [0.25, 0.3) is 0 Å². The molecule has 0 aromatic carbocycles. The van der Waals surface area contributed by atoms with E-state index in [4.69, 9.17) is 4.74 Å². The lowest BCUT2D eigenvalue weighted by molar-refractivity contribution is -0.141. The third kappa shape index (κ3) is 3.34. The molecule has 0 N–H and O–H groups in total. The second kappa shape index (κ2) is 6.65. The van der Waals surface area contributed by atoms with Crippen molar-refractivity contribution in [3.05, 3.63) is 23.5 Å². The van der Waals surface area contributed by atoms with Crippen LogP contribution in [0, 0.1) is 12.3 Å². The molecule has 156 valence electrons. The molecule has 2 atom stereocenters. The van der Waals surface area contributed by atoms with Crippen LogP contribution in [0.25, 0.3) is 0 Å². The lowest BCUT2D eigenvalue weighted by Gasteiger charge is -2.61. The summed E-state index contributed by atoms with van der Waals surface area (Å²) in [6.45, 7) is 6.68. The van der Waals surface area contributed by atoms with Crippen LogP contribution in [-0.2, 0) is 20.9 Å². The summed E-state index contributed by atoms with van der Waals surface area (Å²) >= 11 is 0. The summed E-state index contributed by atoms with van der Waals surface area (Å²) in [6.07, 6.45) is -2.20. The lowest BCUT2D eigenvalue weighted by atomic mass is 9.73. The second-order valence-corrected chi connectivity index (χ2v) is 10.2. The SMILES string of the molecule is Cc1nc(C(F)(F)F)ccc1S(=O)(=O)N1CC2(CN([C@H](C)C3CCCO3)C2)C1. The first-order valence-electron chi connectivity index (χ1n) is 9.43. The molecule has 6 nitrogen and oxygen atoms in total. The van der Waals surface area contributed by atoms with Gasteiger partial charge < -0.3 is 4.74 Å². The lowest BCUT2D eigenvalue weighted by Crippen LogP contribution is -2.74. The van der Waals surface area contributed by atoms with Crippen LogP contribution in [0.1, 0.15) is 31.2 Å². The Labute approximate surface area is 162 Å². The van der Waals surface area contributed by atoms with Crippen molar-refractivity contribution in [3.8, 4) is 0 Å². The van der Waals surface area contributed by atoms with E-state index < -0.39 is 21.9 Å². The molecule has 3 fully saturated rings. The van der Waals surface area contributed by atoms with Gasteiger partial charge >= 0.3 is 6.18 Å². The molecular weight excluding hydrogens is 395 g/mol. The van der Waals surface area contributed by atoms with E-state index in [-0.39, 0.29) is 22.1 Å². The summed E-state index contributed by atoms with van der Waals surface area (Å²) in [4.78, 5) is 5.62. The van der Waals surface area contributed by atoms with E-state index in [0.29, 0.717) is 19.1 Å². The molecule has 1 spiro atoms. The normalized spacial score (nSPS) is 26.8. The third-order valence-electron chi connectivity index (χ3n) is 6.13. The number of alkyl halides is 3. The Morgan fingerprint density at radius 2 is 1.93 bits per heavy atom. The van der Waals surface area contributed by atoms with Crippen molar-refractivity contribution in [2.75, 3.05) is 32.8 Å². The quantitative estimate of drug-likeness (QED) is 0.749. The fourth-order valence-electron chi connectivity index (χ4n) is 4.51. The van der Waals surface area contributed by atoms with Crippen molar-refractivity contribution in [3.63, 3.8) is 0 Å². The van der Waals surface area contributed by atoms with Crippen molar-refractivity contribution in [1.82, 2.24) is 14.2 Å². The Bertz CT molecular complexity index is 855. The summed E-state index contributed by atoms with van der Waals surface area (Å²) in [5, 5.41) is 0. The molecule has 10 heteroatoms. The van der Waals surface area contributed by atoms with Gasteiger partial charge in [0.1, 0.15) is 10.6 Å². The van der Waals surface area contributed by atoms with E-state index in [9.17, 15) is 21.6 Å². The molecule has 1 aromatic rings. The van der Waals surface area contributed by atoms with E-state index in [1.54, 1.807) is 0 Å². The second-order valence-electron chi connectivity index (χ2n) is 8.25. The van der Waals surface area contributed by atoms with Crippen molar-refractivity contribution >= 4 is 10.0 Å². The molecule has 3 aliphatic heterocycles. The van der Waals surface area contributed by atoms with Gasteiger partial charge in [0, 0.05) is 44.2 Å².